The summed E-state index contributed by atoms with van der Waals surface area (Å²) in [7, 11) is 0. The van der Waals surface area contributed by atoms with Gasteiger partial charge in [0.1, 0.15) is 0 Å². The highest BCUT2D eigenvalue weighted by Crippen LogP contribution is 2.37. The van der Waals surface area contributed by atoms with Gasteiger partial charge in [-0.25, -0.2) is 9.80 Å². The lowest BCUT2D eigenvalue weighted by Gasteiger charge is -2.25. The third-order valence-electron chi connectivity index (χ3n) is 3.76. The second-order valence-electron chi connectivity index (χ2n) is 5.07. The molecule has 110 valence electrons. The van der Waals surface area contributed by atoms with Crippen LogP contribution in [0.15, 0.2) is 36.4 Å². The highest BCUT2D eigenvalue weighted by molar-refractivity contribution is 6.33. The van der Waals surface area contributed by atoms with E-state index in [-0.39, 0.29) is 11.4 Å². The molecule has 1 aromatic carbocycles. The molecule has 4 amide bonds. The van der Waals surface area contributed by atoms with E-state index in [0.717, 1.165) is 27.5 Å². The Hall–Kier alpha value is -3.02. The van der Waals surface area contributed by atoms with Gasteiger partial charge in [-0.1, -0.05) is 6.07 Å². The van der Waals surface area contributed by atoms with Crippen LogP contribution in [0, 0.1) is 13.8 Å². The Morgan fingerprint density at radius 2 is 1.14 bits per heavy atom. The molecule has 0 saturated heterocycles. The van der Waals surface area contributed by atoms with Crippen LogP contribution in [0.3, 0.4) is 0 Å². The van der Waals surface area contributed by atoms with E-state index < -0.39 is 23.6 Å². The van der Waals surface area contributed by atoms with Gasteiger partial charge < -0.3 is 0 Å². The van der Waals surface area contributed by atoms with Gasteiger partial charge in [0.15, 0.2) is 0 Å². The van der Waals surface area contributed by atoms with E-state index >= 15 is 0 Å². The first kappa shape index (κ1) is 13.9. The Morgan fingerprint density at radius 3 is 1.64 bits per heavy atom. The number of anilines is 2. The lowest BCUT2D eigenvalue weighted by molar-refractivity contribution is -0.122. The van der Waals surface area contributed by atoms with E-state index in [1.54, 1.807) is 19.1 Å². The molecule has 6 heteroatoms. The van der Waals surface area contributed by atoms with Gasteiger partial charge in [-0.15, -0.1) is 0 Å². The molecule has 0 aliphatic carbocycles. The van der Waals surface area contributed by atoms with Crippen LogP contribution in [-0.4, -0.2) is 23.6 Å². The van der Waals surface area contributed by atoms with Crippen LogP contribution >= 0.6 is 0 Å². The van der Waals surface area contributed by atoms with Crippen LogP contribution in [0.25, 0.3) is 0 Å². The molecular weight excluding hydrogens is 284 g/mol. The molecular formula is C16H12N2O4. The van der Waals surface area contributed by atoms with Crippen molar-refractivity contribution >= 4 is 35.0 Å². The summed E-state index contributed by atoms with van der Waals surface area (Å²) in [6, 6.07) is 3.31. The first-order chi connectivity index (χ1) is 10.4. The Balaban J connectivity index is 2.22. The van der Waals surface area contributed by atoms with Crippen LogP contribution in [0.4, 0.5) is 11.4 Å². The summed E-state index contributed by atoms with van der Waals surface area (Å²) in [6.45, 7) is 3.57. The monoisotopic (exact) mass is 296 g/mol. The third kappa shape index (κ3) is 1.88. The average molecular weight is 296 g/mol. The van der Waals surface area contributed by atoms with Crippen LogP contribution in [0.1, 0.15) is 11.1 Å². The quantitative estimate of drug-likeness (QED) is 0.768. The van der Waals surface area contributed by atoms with E-state index in [9.17, 15) is 19.2 Å². The number of hydrogen-bond acceptors (Lipinski definition) is 4. The van der Waals surface area contributed by atoms with Gasteiger partial charge in [0.2, 0.25) is 0 Å². The summed E-state index contributed by atoms with van der Waals surface area (Å²) >= 11 is 0. The predicted molar refractivity (Wildman–Crippen MR) is 79.2 cm³/mol. The highest BCUT2D eigenvalue weighted by atomic mass is 16.2. The summed E-state index contributed by atoms with van der Waals surface area (Å²) in [5.41, 5.74) is 2.01. The molecule has 0 N–H and O–H groups in total. The van der Waals surface area contributed by atoms with Crippen LogP contribution in [-0.2, 0) is 19.2 Å². The number of carbonyl (C=O) groups is 4. The zero-order chi connectivity index (χ0) is 16.0. The number of aryl methyl sites for hydroxylation is 1. The van der Waals surface area contributed by atoms with Crippen molar-refractivity contribution in [2.24, 2.45) is 0 Å². The fraction of sp³-hybridized carbons (Fsp3) is 0.125. The topological polar surface area (TPSA) is 74.8 Å². The van der Waals surface area contributed by atoms with Crippen LogP contribution < -0.4 is 9.80 Å². The van der Waals surface area contributed by atoms with Gasteiger partial charge >= 0.3 is 0 Å². The molecule has 0 bridgehead atoms. The second-order valence-corrected chi connectivity index (χ2v) is 5.07. The smallest absolute Gasteiger partial charge is 0.258 e. The Bertz CT molecular complexity index is 769. The molecule has 0 atom stereocenters. The van der Waals surface area contributed by atoms with Crippen molar-refractivity contribution in [2.75, 3.05) is 9.80 Å². The van der Waals surface area contributed by atoms with Gasteiger partial charge in [-0.05, 0) is 31.0 Å². The van der Waals surface area contributed by atoms with E-state index in [1.165, 1.54) is 12.2 Å². The lowest BCUT2D eigenvalue weighted by Crippen LogP contribution is -2.36. The number of rotatable bonds is 2. The van der Waals surface area contributed by atoms with Crippen molar-refractivity contribution in [3.05, 3.63) is 47.6 Å². The number of hydrogen-bond donors (Lipinski definition) is 0. The SMILES string of the molecule is Cc1ccc(N2C(=O)C=CC2=O)c(N2C(=O)C=CC2=O)c1C. The van der Waals surface area contributed by atoms with Crippen molar-refractivity contribution in [2.45, 2.75) is 13.8 Å². The van der Waals surface area contributed by atoms with Gasteiger partial charge in [-0.3, -0.25) is 19.2 Å². The largest absolute Gasteiger partial charge is 0.269 e. The van der Waals surface area contributed by atoms with E-state index in [4.69, 9.17) is 0 Å². The van der Waals surface area contributed by atoms with Crippen molar-refractivity contribution in [1.29, 1.82) is 0 Å². The minimum Gasteiger partial charge on any atom is -0.269 e. The molecule has 0 fully saturated rings. The summed E-state index contributed by atoms with van der Waals surface area (Å²) < 4.78 is 0. The zero-order valence-corrected chi connectivity index (χ0v) is 12.0. The van der Waals surface area contributed by atoms with Gasteiger partial charge in [0, 0.05) is 24.3 Å². The molecule has 0 aromatic heterocycles. The number of carbonyl (C=O) groups excluding carboxylic acids is 4. The molecule has 2 aliphatic rings. The normalized spacial score (nSPS) is 17.4. The van der Waals surface area contributed by atoms with E-state index in [2.05, 4.69) is 0 Å². The molecule has 0 unspecified atom stereocenters. The average Bonchev–Trinajstić information content (AvgIpc) is 2.97. The molecule has 2 aliphatic heterocycles. The van der Waals surface area contributed by atoms with Crippen molar-refractivity contribution < 1.29 is 19.2 Å². The molecule has 6 nitrogen and oxygen atoms in total. The number of benzene rings is 1. The molecule has 3 rings (SSSR count). The minimum absolute atomic E-state index is 0.230. The molecule has 0 saturated carbocycles. The third-order valence-corrected chi connectivity index (χ3v) is 3.76. The zero-order valence-electron chi connectivity index (χ0n) is 12.0. The van der Waals surface area contributed by atoms with Gasteiger partial charge in [0.25, 0.3) is 23.6 Å². The van der Waals surface area contributed by atoms with Crippen LogP contribution in [0.5, 0.6) is 0 Å². The highest BCUT2D eigenvalue weighted by Gasteiger charge is 2.34. The van der Waals surface area contributed by atoms with Crippen molar-refractivity contribution in [3.63, 3.8) is 0 Å². The van der Waals surface area contributed by atoms with E-state index in [1.807, 2.05) is 6.92 Å². The van der Waals surface area contributed by atoms with Crippen molar-refractivity contribution in [1.82, 2.24) is 0 Å². The molecule has 0 spiro atoms. The Kier molecular flexibility index (Phi) is 3.02. The fourth-order valence-electron chi connectivity index (χ4n) is 2.51. The standard InChI is InChI=1S/C16H12N2O4/c1-9-3-4-11(17-12(19)5-6-13(17)20)16(10(9)2)18-14(21)7-8-15(18)22/h3-8H,1-2H3. The van der Waals surface area contributed by atoms with Gasteiger partial charge in [-0.2, -0.15) is 0 Å². The summed E-state index contributed by atoms with van der Waals surface area (Å²) in [5.74, 6) is -1.98. The summed E-state index contributed by atoms with van der Waals surface area (Å²) in [4.78, 5) is 49.8. The molecule has 22 heavy (non-hydrogen) atoms. The number of nitrogens with zero attached hydrogens (tertiary/aromatic N) is 2. The first-order valence-corrected chi connectivity index (χ1v) is 6.64. The van der Waals surface area contributed by atoms with E-state index in [0.29, 0.717) is 5.56 Å². The molecule has 1 aromatic rings. The molecule has 0 radical (unpaired) electrons. The number of amides is 4. The first-order valence-electron chi connectivity index (χ1n) is 6.64. The maximum Gasteiger partial charge on any atom is 0.258 e. The Morgan fingerprint density at radius 1 is 0.682 bits per heavy atom. The van der Waals surface area contributed by atoms with Gasteiger partial charge in [0.05, 0.1) is 11.4 Å². The summed E-state index contributed by atoms with van der Waals surface area (Å²) in [5, 5.41) is 0. The van der Waals surface area contributed by atoms with Crippen molar-refractivity contribution in [3.8, 4) is 0 Å². The second kappa shape index (κ2) is 4.77. The lowest BCUT2D eigenvalue weighted by atomic mass is 10.0. The molecule has 2 heterocycles. The maximum atomic E-state index is 12.0. The van der Waals surface area contributed by atoms with Crippen LogP contribution in [0.2, 0.25) is 0 Å². The predicted octanol–water partition coefficient (Wildman–Crippen LogP) is 1.16. The fourth-order valence-corrected chi connectivity index (χ4v) is 2.51. The number of imide groups is 2. The summed E-state index contributed by atoms with van der Waals surface area (Å²) in [6.07, 6.45) is 4.65. The maximum absolute atomic E-state index is 12.0. The Labute approximate surface area is 126 Å². The minimum atomic E-state index is -0.499.